The van der Waals surface area contributed by atoms with Crippen LogP contribution in [-0.4, -0.2) is 87.5 Å². The Morgan fingerprint density at radius 2 is 0.864 bits per heavy atom. The normalized spacial score (nSPS) is 20.1. The number of hydrogen-bond acceptors (Lipinski definition) is 8. The van der Waals surface area contributed by atoms with Gasteiger partial charge in [0, 0.05) is 6.42 Å². The lowest BCUT2D eigenvalue weighted by molar-refractivity contribution is -0.302. The predicted molar refractivity (Wildman–Crippen MR) is 276 cm³/mol. The molecule has 1 aliphatic rings. The summed E-state index contributed by atoms with van der Waals surface area (Å²) in [6, 6.07) is -0.827. The van der Waals surface area contributed by atoms with Crippen LogP contribution in [0.1, 0.15) is 251 Å². The van der Waals surface area contributed by atoms with Crippen molar-refractivity contribution in [2.24, 2.45) is 0 Å². The van der Waals surface area contributed by atoms with Crippen LogP contribution in [0.5, 0.6) is 0 Å². The zero-order chi connectivity index (χ0) is 48.0. The first-order valence-corrected chi connectivity index (χ1v) is 27.9. The van der Waals surface area contributed by atoms with E-state index >= 15 is 0 Å². The molecule has 66 heavy (non-hydrogen) atoms. The van der Waals surface area contributed by atoms with Gasteiger partial charge in [-0.2, -0.15) is 0 Å². The van der Waals surface area contributed by atoms with Crippen molar-refractivity contribution in [2.75, 3.05) is 13.2 Å². The second-order valence-corrected chi connectivity index (χ2v) is 19.4. The third-order valence-electron chi connectivity index (χ3n) is 13.1. The van der Waals surface area contributed by atoms with Gasteiger partial charge in [0.25, 0.3) is 0 Å². The fourth-order valence-corrected chi connectivity index (χ4v) is 8.65. The molecule has 0 aromatic carbocycles. The van der Waals surface area contributed by atoms with Crippen molar-refractivity contribution in [1.82, 2.24) is 5.32 Å². The summed E-state index contributed by atoms with van der Waals surface area (Å²) in [5.41, 5.74) is 0. The number of aliphatic hydroxyl groups excluding tert-OH is 5. The molecule has 6 N–H and O–H groups in total. The van der Waals surface area contributed by atoms with Crippen LogP contribution in [0.15, 0.2) is 48.6 Å². The maximum absolute atomic E-state index is 13.0. The van der Waals surface area contributed by atoms with E-state index in [0.717, 1.165) is 51.4 Å². The van der Waals surface area contributed by atoms with E-state index in [2.05, 4.69) is 55.6 Å². The first kappa shape index (κ1) is 62.2. The van der Waals surface area contributed by atoms with E-state index < -0.39 is 49.5 Å². The monoisotopic (exact) mass is 932 g/mol. The molecule has 386 valence electrons. The minimum Gasteiger partial charge on any atom is -0.394 e. The number of aliphatic hydroxyl groups is 5. The highest BCUT2D eigenvalue weighted by molar-refractivity contribution is 5.76. The Bertz CT molecular complexity index is 1170. The minimum atomic E-state index is -1.57. The van der Waals surface area contributed by atoms with Gasteiger partial charge >= 0.3 is 0 Å². The number of carbonyl (C=O) groups is 1. The predicted octanol–water partition coefficient (Wildman–Crippen LogP) is 13.3. The van der Waals surface area contributed by atoms with Crippen LogP contribution in [-0.2, 0) is 14.3 Å². The molecule has 0 aliphatic carbocycles. The van der Waals surface area contributed by atoms with Crippen LogP contribution < -0.4 is 5.32 Å². The van der Waals surface area contributed by atoms with Crippen molar-refractivity contribution in [3.63, 3.8) is 0 Å². The minimum absolute atomic E-state index is 0.189. The molecule has 9 heteroatoms. The Labute approximate surface area is 405 Å². The van der Waals surface area contributed by atoms with Gasteiger partial charge in [0.15, 0.2) is 6.29 Å². The summed E-state index contributed by atoms with van der Waals surface area (Å²) in [5, 5.41) is 54.4. The number of carbonyl (C=O) groups excluding carboxylic acids is 1. The van der Waals surface area contributed by atoms with E-state index in [4.69, 9.17) is 9.47 Å². The van der Waals surface area contributed by atoms with Gasteiger partial charge in [-0.05, 0) is 70.6 Å². The topological polar surface area (TPSA) is 149 Å². The summed E-state index contributed by atoms with van der Waals surface area (Å²) >= 11 is 0. The lowest BCUT2D eigenvalue weighted by atomic mass is 9.99. The Morgan fingerprint density at radius 3 is 1.27 bits per heavy atom. The molecule has 1 amide bonds. The molecular formula is C57H105NO8. The number of unbranched alkanes of at least 4 members (excludes halogenated alkanes) is 31. The van der Waals surface area contributed by atoms with Crippen molar-refractivity contribution >= 4 is 5.91 Å². The summed E-state index contributed by atoms with van der Waals surface area (Å²) in [4.78, 5) is 13.0. The molecular weight excluding hydrogens is 827 g/mol. The van der Waals surface area contributed by atoms with Crippen molar-refractivity contribution in [1.29, 1.82) is 0 Å². The SMILES string of the molecule is CCCCCCCC/C=C/CC/C=C/CC/C=C/C(O)C(COC1OC(CO)C(O)C(O)C1O)NC(=O)CCCCCCCCCCCCCCCCC/C=C\CCCCCCCCCC. The fraction of sp³-hybridized carbons (Fsp3) is 0.842. The maximum Gasteiger partial charge on any atom is 0.220 e. The van der Waals surface area contributed by atoms with Crippen LogP contribution in [0, 0.1) is 0 Å². The van der Waals surface area contributed by atoms with Crippen LogP contribution in [0.25, 0.3) is 0 Å². The van der Waals surface area contributed by atoms with E-state index in [9.17, 15) is 30.3 Å². The summed E-state index contributed by atoms with van der Waals surface area (Å²) in [5.74, 6) is -0.189. The van der Waals surface area contributed by atoms with Gasteiger partial charge in [-0.15, -0.1) is 0 Å². The van der Waals surface area contributed by atoms with E-state index in [1.54, 1.807) is 6.08 Å². The van der Waals surface area contributed by atoms with Gasteiger partial charge in [0.05, 0.1) is 25.4 Å². The molecule has 0 bridgehead atoms. The van der Waals surface area contributed by atoms with Crippen molar-refractivity contribution in [3.8, 4) is 0 Å². The Balaban J connectivity index is 2.23. The molecule has 0 aromatic rings. The number of rotatable bonds is 47. The summed E-state index contributed by atoms with van der Waals surface area (Å²) in [6.07, 6.45) is 54.6. The smallest absolute Gasteiger partial charge is 0.220 e. The highest BCUT2D eigenvalue weighted by atomic mass is 16.7. The molecule has 0 radical (unpaired) electrons. The van der Waals surface area contributed by atoms with Gasteiger partial charge in [0.1, 0.15) is 24.4 Å². The van der Waals surface area contributed by atoms with Crippen molar-refractivity contribution in [3.05, 3.63) is 48.6 Å². The van der Waals surface area contributed by atoms with Crippen molar-refractivity contribution < 1.29 is 39.8 Å². The Morgan fingerprint density at radius 1 is 0.500 bits per heavy atom. The maximum atomic E-state index is 13.0. The molecule has 0 saturated carbocycles. The number of ether oxygens (including phenoxy) is 2. The van der Waals surface area contributed by atoms with Gasteiger partial charge in [0.2, 0.25) is 5.91 Å². The summed E-state index contributed by atoms with van der Waals surface area (Å²) in [6.45, 7) is 3.76. The zero-order valence-electron chi connectivity index (χ0n) is 42.7. The number of allylic oxidation sites excluding steroid dienone is 7. The largest absolute Gasteiger partial charge is 0.394 e. The summed E-state index contributed by atoms with van der Waals surface area (Å²) < 4.78 is 11.2. The highest BCUT2D eigenvalue weighted by Gasteiger charge is 2.44. The van der Waals surface area contributed by atoms with Crippen LogP contribution in [0.3, 0.4) is 0 Å². The molecule has 1 aliphatic heterocycles. The van der Waals surface area contributed by atoms with E-state index in [1.165, 1.54) is 180 Å². The van der Waals surface area contributed by atoms with Gasteiger partial charge < -0.3 is 40.3 Å². The number of amides is 1. The molecule has 0 spiro atoms. The van der Waals surface area contributed by atoms with Crippen LogP contribution in [0.4, 0.5) is 0 Å². The molecule has 7 unspecified atom stereocenters. The lowest BCUT2D eigenvalue weighted by Gasteiger charge is -2.40. The first-order valence-electron chi connectivity index (χ1n) is 27.9. The summed E-state index contributed by atoms with van der Waals surface area (Å²) in [7, 11) is 0. The zero-order valence-corrected chi connectivity index (χ0v) is 42.7. The molecule has 1 saturated heterocycles. The van der Waals surface area contributed by atoms with E-state index in [0.29, 0.717) is 6.42 Å². The average Bonchev–Trinajstić information content (AvgIpc) is 3.32. The van der Waals surface area contributed by atoms with Crippen LogP contribution in [0.2, 0.25) is 0 Å². The Kier molecular flexibility index (Phi) is 44.1. The number of hydrogen-bond donors (Lipinski definition) is 6. The number of nitrogens with one attached hydrogen (secondary N) is 1. The van der Waals surface area contributed by atoms with Gasteiger partial charge in [-0.25, -0.2) is 0 Å². The third kappa shape index (κ3) is 36.2. The quantitative estimate of drug-likeness (QED) is 0.0261. The van der Waals surface area contributed by atoms with Gasteiger partial charge in [-0.1, -0.05) is 223 Å². The third-order valence-corrected chi connectivity index (χ3v) is 13.1. The van der Waals surface area contributed by atoms with E-state index in [-0.39, 0.29) is 12.5 Å². The molecule has 1 rings (SSSR count). The van der Waals surface area contributed by atoms with E-state index in [1.807, 2.05) is 6.08 Å². The standard InChI is InChI=1S/C57H105NO8/c1-3-5-7-9-11-13-15-17-19-21-22-23-24-25-26-27-28-29-30-31-33-35-37-39-41-43-45-47-53(61)58-50(49-65-57-56(64)55(63)54(62)52(48-59)66-57)51(60)46-44-42-40-38-36-34-32-20-18-16-14-12-10-8-6-4-2/h18,20-22,36,38,44,46,50-52,54-57,59-60,62-64H,3-17,19,23-35,37,39-43,45,47-49H2,1-2H3,(H,58,61)/b20-18+,22-21-,38-36+,46-44+. The highest BCUT2D eigenvalue weighted by Crippen LogP contribution is 2.23. The fourth-order valence-electron chi connectivity index (χ4n) is 8.65. The average molecular weight is 932 g/mol. The molecule has 9 nitrogen and oxygen atoms in total. The second kappa shape index (κ2) is 46.9. The molecule has 7 atom stereocenters. The lowest BCUT2D eigenvalue weighted by Crippen LogP contribution is -2.60. The first-order chi connectivity index (χ1) is 32.3. The molecule has 1 heterocycles. The van der Waals surface area contributed by atoms with Crippen LogP contribution >= 0.6 is 0 Å². The second-order valence-electron chi connectivity index (χ2n) is 19.4. The van der Waals surface area contributed by atoms with Gasteiger partial charge in [-0.3, -0.25) is 4.79 Å². The molecule has 0 aromatic heterocycles. The Hall–Kier alpha value is -1.85. The van der Waals surface area contributed by atoms with Crippen molar-refractivity contribution in [2.45, 2.75) is 294 Å². The molecule has 1 fully saturated rings.